The summed E-state index contributed by atoms with van der Waals surface area (Å²) in [4.78, 5) is 0. The van der Waals surface area contributed by atoms with Crippen LogP contribution in [-0.4, -0.2) is 5.88 Å². The molecule has 80 valence electrons. The number of hydrogen-bond donors (Lipinski definition) is 0. The van der Waals surface area contributed by atoms with Crippen LogP contribution in [0.3, 0.4) is 0 Å². The normalized spacial score (nSPS) is 13.2. The number of halogens is 1. The van der Waals surface area contributed by atoms with E-state index in [2.05, 4.69) is 36.6 Å². The van der Waals surface area contributed by atoms with Crippen molar-refractivity contribution in [2.75, 3.05) is 5.88 Å². The Morgan fingerprint density at radius 2 is 2.13 bits per heavy atom. The number of thiophene rings is 1. The summed E-state index contributed by atoms with van der Waals surface area (Å²) in [6.07, 6.45) is 2.34. The minimum absolute atomic E-state index is 0.616. The number of hydrogen-bond acceptors (Lipinski definition) is 1. The lowest BCUT2D eigenvalue weighted by Gasteiger charge is -2.05. The quantitative estimate of drug-likeness (QED) is 0.677. The van der Waals surface area contributed by atoms with Gasteiger partial charge in [0.1, 0.15) is 0 Å². The summed E-state index contributed by atoms with van der Waals surface area (Å²) in [6.45, 7) is 2.21. The standard InChI is InChI=1S/C13H15ClS/c1-10(8-14)6-7-11-9-15-13-5-3-2-4-12(11)13/h2-5,9-10H,6-8H2,1H3. The fourth-order valence-electron chi connectivity index (χ4n) is 1.71. The van der Waals surface area contributed by atoms with E-state index in [1.165, 1.54) is 22.1 Å². The van der Waals surface area contributed by atoms with E-state index in [-0.39, 0.29) is 0 Å². The highest BCUT2D eigenvalue weighted by Gasteiger charge is 2.05. The third-order valence-corrected chi connectivity index (χ3v) is 4.27. The lowest BCUT2D eigenvalue weighted by molar-refractivity contribution is 0.595. The molecule has 15 heavy (non-hydrogen) atoms. The van der Waals surface area contributed by atoms with Gasteiger partial charge in [0.05, 0.1) is 0 Å². The van der Waals surface area contributed by atoms with Crippen molar-refractivity contribution in [1.82, 2.24) is 0 Å². The molecular formula is C13H15ClS. The molecule has 1 unspecified atom stereocenters. The molecule has 1 aromatic carbocycles. The second-order valence-corrected chi connectivity index (χ2v) is 5.28. The number of fused-ring (bicyclic) bond motifs is 1. The predicted octanol–water partition coefficient (Wildman–Crippen LogP) is 4.71. The highest BCUT2D eigenvalue weighted by atomic mass is 35.5. The van der Waals surface area contributed by atoms with Crippen molar-refractivity contribution in [2.24, 2.45) is 5.92 Å². The van der Waals surface area contributed by atoms with Crippen LogP contribution in [0.5, 0.6) is 0 Å². The zero-order chi connectivity index (χ0) is 10.7. The molecule has 0 bridgehead atoms. The van der Waals surface area contributed by atoms with Crippen molar-refractivity contribution < 1.29 is 0 Å². The van der Waals surface area contributed by atoms with Crippen LogP contribution in [0.25, 0.3) is 10.1 Å². The second-order valence-electron chi connectivity index (χ2n) is 4.06. The van der Waals surface area contributed by atoms with Crippen LogP contribution >= 0.6 is 22.9 Å². The van der Waals surface area contributed by atoms with Gasteiger partial charge in [-0.05, 0) is 41.2 Å². The predicted molar refractivity (Wildman–Crippen MR) is 70.0 cm³/mol. The van der Waals surface area contributed by atoms with Gasteiger partial charge in [0, 0.05) is 10.6 Å². The number of benzene rings is 1. The minimum atomic E-state index is 0.616. The molecule has 0 spiro atoms. The minimum Gasteiger partial charge on any atom is -0.144 e. The molecule has 0 aliphatic heterocycles. The fourth-order valence-corrected chi connectivity index (χ4v) is 2.86. The van der Waals surface area contributed by atoms with Gasteiger partial charge in [-0.3, -0.25) is 0 Å². The summed E-state index contributed by atoms with van der Waals surface area (Å²) in [5.74, 6) is 1.38. The van der Waals surface area contributed by atoms with Crippen LogP contribution in [0.1, 0.15) is 18.9 Å². The third kappa shape index (κ3) is 2.53. The van der Waals surface area contributed by atoms with Crippen LogP contribution < -0.4 is 0 Å². The Morgan fingerprint density at radius 1 is 1.33 bits per heavy atom. The zero-order valence-corrected chi connectivity index (χ0v) is 10.4. The van der Waals surface area contributed by atoms with Gasteiger partial charge in [0.25, 0.3) is 0 Å². The number of rotatable bonds is 4. The highest BCUT2D eigenvalue weighted by Crippen LogP contribution is 2.27. The third-order valence-electron chi connectivity index (χ3n) is 2.73. The summed E-state index contributed by atoms with van der Waals surface area (Å²) < 4.78 is 1.39. The molecule has 2 heteroatoms. The Balaban J connectivity index is 2.14. The van der Waals surface area contributed by atoms with Crippen LogP contribution in [-0.2, 0) is 6.42 Å². The SMILES string of the molecule is CC(CCl)CCc1csc2ccccc12. The van der Waals surface area contributed by atoms with Gasteiger partial charge < -0.3 is 0 Å². The smallest absolute Gasteiger partial charge is 0.0345 e. The van der Waals surface area contributed by atoms with Crippen LogP contribution in [0.2, 0.25) is 0 Å². The van der Waals surface area contributed by atoms with Crippen molar-refractivity contribution in [2.45, 2.75) is 19.8 Å². The first kappa shape index (κ1) is 11.0. The molecule has 0 aliphatic carbocycles. The molecule has 0 saturated heterocycles. The van der Waals surface area contributed by atoms with E-state index in [1.807, 2.05) is 11.3 Å². The summed E-state index contributed by atoms with van der Waals surface area (Å²) in [5, 5.41) is 3.70. The number of aryl methyl sites for hydroxylation is 1. The van der Waals surface area contributed by atoms with E-state index in [1.54, 1.807) is 0 Å². The Bertz CT molecular complexity index is 433. The molecule has 0 N–H and O–H groups in total. The Hall–Kier alpha value is -0.530. The molecule has 0 saturated carbocycles. The maximum atomic E-state index is 5.81. The Kier molecular flexibility index (Phi) is 3.66. The Labute approximate surface area is 99.9 Å². The second kappa shape index (κ2) is 5.00. The fraction of sp³-hybridized carbons (Fsp3) is 0.385. The molecule has 0 amide bonds. The van der Waals surface area contributed by atoms with Gasteiger partial charge in [-0.2, -0.15) is 0 Å². The highest BCUT2D eigenvalue weighted by molar-refractivity contribution is 7.17. The van der Waals surface area contributed by atoms with Crippen molar-refractivity contribution in [3.8, 4) is 0 Å². The summed E-state index contributed by atoms with van der Waals surface area (Å²) in [7, 11) is 0. The van der Waals surface area contributed by atoms with Gasteiger partial charge in [0.15, 0.2) is 0 Å². The van der Waals surface area contributed by atoms with Gasteiger partial charge in [0.2, 0.25) is 0 Å². The average molecular weight is 239 g/mol. The molecule has 1 aromatic heterocycles. The molecule has 0 radical (unpaired) electrons. The molecule has 2 rings (SSSR count). The van der Waals surface area contributed by atoms with E-state index < -0.39 is 0 Å². The van der Waals surface area contributed by atoms with Crippen molar-refractivity contribution in [3.05, 3.63) is 35.2 Å². The largest absolute Gasteiger partial charge is 0.144 e. The zero-order valence-electron chi connectivity index (χ0n) is 8.87. The molecule has 1 heterocycles. The Morgan fingerprint density at radius 3 is 2.93 bits per heavy atom. The first-order valence-electron chi connectivity index (χ1n) is 5.32. The van der Waals surface area contributed by atoms with E-state index in [9.17, 15) is 0 Å². The topological polar surface area (TPSA) is 0 Å². The van der Waals surface area contributed by atoms with Gasteiger partial charge in [-0.25, -0.2) is 0 Å². The molecule has 2 aromatic rings. The van der Waals surface area contributed by atoms with E-state index in [0.29, 0.717) is 5.92 Å². The van der Waals surface area contributed by atoms with Crippen molar-refractivity contribution in [1.29, 1.82) is 0 Å². The van der Waals surface area contributed by atoms with Gasteiger partial charge >= 0.3 is 0 Å². The summed E-state index contributed by atoms with van der Waals surface area (Å²) >= 11 is 7.65. The van der Waals surface area contributed by atoms with Crippen LogP contribution in [0.15, 0.2) is 29.6 Å². The van der Waals surface area contributed by atoms with Crippen LogP contribution in [0, 0.1) is 5.92 Å². The lowest BCUT2D eigenvalue weighted by atomic mass is 10.0. The average Bonchev–Trinajstić information content (AvgIpc) is 2.69. The van der Waals surface area contributed by atoms with Gasteiger partial charge in [-0.1, -0.05) is 25.1 Å². The molecular weight excluding hydrogens is 224 g/mol. The van der Waals surface area contributed by atoms with Gasteiger partial charge in [-0.15, -0.1) is 22.9 Å². The maximum Gasteiger partial charge on any atom is 0.0345 e. The molecule has 0 aliphatic rings. The summed E-state index contributed by atoms with van der Waals surface area (Å²) in [5.41, 5.74) is 1.48. The first-order valence-corrected chi connectivity index (χ1v) is 6.73. The summed E-state index contributed by atoms with van der Waals surface area (Å²) in [6, 6.07) is 8.62. The van der Waals surface area contributed by atoms with Crippen LogP contribution in [0.4, 0.5) is 0 Å². The van der Waals surface area contributed by atoms with E-state index in [0.717, 1.165) is 12.3 Å². The molecule has 1 atom stereocenters. The van der Waals surface area contributed by atoms with E-state index >= 15 is 0 Å². The monoisotopic (exact) mass is 238 g/mol. The molecule has 0 fully saturated rings. The van der Waals surface area contributed by atoms with E-state index in [4.69, 9.17) is 11.6 Å². The number of alkyl halides is 1. The first-order chi connectivity index (χ1) is 7.31. The van der Waals surface area contributed by atoms with Crippen molar-refractivity contribution in [3.63, 3.8) is 0 Å². The maximum absolute atomic E-state index is 5.81. The molecule has 0 nitrogen and oxygen atoms in total. The van der Waals surface area contributed by atoms with Crippen molar-refractivity contribution >= 4 is 33.0 Å². The lowest BCUT2D eigenvalue weighted by Crippen LogP contribution is -1.97.